The highest BCUT2D eigenvalue weighted by atomic mass is 32.2. The van der Waals surface area contributed by atoms with Crippen molar-refractivity contribution in [1.82, 2.24) is 4.98 Å². The Bertz CT molecular complexity index is 928. The van der Waals surface area contributed by atoms with Crippen molar-refractivity contribution in [3.63, 3.8) is 0 Å². The minimum Gasteiger partial charge on any atom is -0.351 e. The summed E-state index contributed by atoms with van der Waals surface area (Å²) in [7, 11) is 2.03. The Hall–Kier alpha value is -2.35. The van der Waals surface area contributed by atoms with Crippen LogP contribution in [0.3, 0.4) is 0 Å². The maximum absolute atomic E-state index is 11.7. The van der Waals surface area contributed by atoms with Gasteiger partial charge in [0.05, 0.1) is 9.90 Å². The molecule has 3 aromatic rings. The van der Waals surface area contributed by atoms with Gasteiger partial charge in [-0.15, -0.1) is 0 Å². The monoisotopic (exact) mass is 426 g/mol. The molecule has 2 aromatic carbocycles. The van der Waals surface area contributed by atoms with E-state index in [0.717, 1.165) is 39.2 Å². The Morgan fingerprint density at radius 3 is 2.34 bits per heavy atom. The Labute approximate surface area is 180 Å². The van der Waals surface area contributed by atoms with Crippen molar-refractivity contribution in [3.8, 4) is 11.1 Å². The second-order valence-electron chi connectivity index (χ2n) is 7.14. The van der Waals surface area contributed by atoms with Crippen molar-refractivity contribution >= 4 is 40.5 Å². The van der Waals surface area contributed by atoms with Crippen LogP contribution < -0.4 is 14.9 Å². The first kappa shape index (κ1) is 21.4. The van der Waals surface area contributed by atoms with Crippen molar-refractivity contribution in [2.24, 2.45) is 11.1 Å². The fraction of sp³-hybridized carbons (Fsp3) is 0.273. The topological polar surface area (TPSA) is 62.5 Å². The Balaban J connectivity index is 1.63. The molecule has 0 fully saturated rings. The first-order valence-corrected chi connectivity index (χ1v) is 11.1. The van der Waals surface area contributed by atoms with Crippen LogP contribution in [0.25, 0.3) is 11.1 Å². The Morgan fingerprint density at radius 1 is 1.10 bits per heavy atom. The molecule has 3 rings (SSSR count). The normalized spacial score (nSPS) is 11.9. The molecule has 152 valence electrons. The molecule has 0 spiro atoms. The number of thiazole rings is 1. The van der Waals surface area contributed by atoms with E-state index in [-0.39, 0.29) is 5.92 Å². The van der Waals surface area contributed by atoms with Gasteiger partial charge in [0.1, 0.15) is 0 Å². The number of nitrogens with zero attached hydrogens (tertiary/aromatic N) is 3. The molecule has 1 atom stereocenters. The lowest BCUT2D eigenvalue weighted by Crippen LogP contribution is -2.33. The molecular formula is C22H26N4OS2. The number of aromatic nitrogens is 1. The van der Waals surface area contributed by atoms with Gasteiger partial charge in [-0.05, 0) is 48.0 Å². The highest BCUT2D eigenvalue weighted by Gasteiger charge is 2.16. The maximum Gasteiger partial charge on any atom is 0.214 e. The summed E-state index contributed by atoms with van der Waals surface area (Å²) in [5, 5.41) is 6.64. The number of amides is 1. The molecule has 1 aromatic heterocycles. The van der Waals surface area contributed by atoms with Gasteiger partial charge in [0, 0.05) is 25.8 Å². The number of rotatable bonds is 9. The molecule has 1 unspecified atom stereocenters. The van der Waals surface area contributed by atoms with Crippen LogP contribution in [0.4, 0.5) is 10.8 Å². The van der Waals surface area contributed by atoms with E-state index in [2.05, 4.69) is 41.1 Å². The van der Waals surface area contributed by atoms with E-state index in [0.29, 0.717) is 6.54 Å². The van der Waals surface area contributed by atoms with E-state index in [4.69, 9.17) is 5.14 Å². The van der Waals surface area contributed by atoms with Crippen LogP contribution in [-0.4, -0.2) is 31.5 Å². The van der Waals surface area contributed by atoms with Crippen LogP contribution in [0, 0.1) is 12.8 Å². The van der Waals surface area contributed by atoms with E-state index < -0.39 is 0 Å². The van der Waals surface area contributed by atoms with Crippen LogP contribution in [0.5, 0.6) is 0 Å². The smallest absolute Gasteiger partial charge is 0.214 e. The lowest BCUT2D eigenvalue weighted by atomic mass is 10.1. The number of carbonyl (C=O) groups excluding carboxylic acids is 1. The first-order chi connectivity index (χ1) is 14.0. The van der Waals surface area contributed by atoms with E-state index in [1.807, 2.05) is 44.3 Å². The Morgan fingerprint density at radius 2 is 1.76 bits per heavy atom. The molecule has 0 saturated carbocycles. The largest absolute Gasteiger partial charge is 0.351 e. The summed E-state index contributed by atoms with van der Waals surface area (Å²) in [6, 6.07) is 18.3. The molecule has 2 N–H and O–H groups in total. The summed E-state index contributed by atoms with van der Waals surface area (Å²) < 4.78 is 1.03. The first-order valence-electron chi connectivity index (χ1n) is 9.44. The number of hydrogen-bond acceptors (Lipinski definition) is 6. The lowest BCUT2D eigenvalue weighted by Gasteiger charge is -2.25. The average molecular weight is 427 g/mol. The molecule has 0 aliphatic heterocycles. The molecule has 0 aliphatic rings. The fourth-order valence-corrected chi connectivity index (χ4v) is 4.67. The third-order valence-electron chi connectivity index (χ3n) is 4.70. The van der Waals surface area contributed by atoms with Gasteiger partial charge >= 0.3 is 0 Å². The maximum atomic E-state index is 11.7. The number of benzene rings is 2. The molecule has 7 heteroatoms. The van der Waals surface area contributed by atoms with Gasteiger partial charge in [-0.1, -0.05) is 60.7 Å². The minimum absolute atomic E-state index is 0.275. The molecule has 0 radical (unpaired) electrons. The highest BCUT2D eigenvalue weighted by molar-refractivity contribution is 7.99. The third-order valence-corrected chi connectivity index (χ3v) is 6.82. The molecule has 1 heterocycles. The summed E-state index contributed by atoms with van der Waals surface area (Å²) in [4.78, 5) is 20.2. The van der Waals surface area contributed by atoms with Gasteiger partial charge in [-0.3, -0.25) is 9.93 Å². The second kappa shape index (κ2) is 9.91. The Kier molecular flexibility index (Phi) is 7.30. The van der Waals surface area contributed by atoms with Gasteiger partial charge in [-0.25, -0.2) is 4.98 Å². The van der Waals surface area contributed by atoms with Crippen molar-refractivity contribution < 1.29 is 4.79 Å². The molecule has 0 bridgehead atoms. The number of carbonyl (C=O) groups is 1. The van der Waals surface area contributed by atoms with Crippen LogP contribution >= 0.6 is 23.3 Å². The SMILES string of the molecule is Cc1nc(N(C)CC(C)CN(C=O)c2ccc(-c3ccccc3)cc2)sc1SN. The molecular weight excluding hydrogens is 400 g/mol. The van der Waals surface area contributed by atoms with Gasteiger partial charge in [0.25, 0.3) is 0 Å². The summed E-state index contributed by atoms with van der Waals surface area (Å²) in [6.45, 7) is 5.56. The minimum atomic E-state index is 0.275. The summed E-state index contributed by atoms with van der Waals surface area (Å²) >= 11 is 2.84. The van der Waals surface area contributed by atoms with E-state index in [9.17, 15) is 4.79 Å². The van der Waals surface area contributed by atoms with Gasteiger partial charge < -0.3 is 9.80 Å². The zero-order valence-corrected chi connectivity index (χ0v) is 18.5. The van der Waals surface area contributed by atoms with Gasteiger partial charge in [0.15, 0.2) is 5.13 Å². The predicted molar refractivity (Wildman–Crippen MR) is 125 cm³/mol. The van der Waals surface area contributed by atoms with Crippen LogP contribution in [0.2, 0.25) is 0 Å². The second-order valence-corrected chi connectivity index (χ2v) is 9.02. The number of hydrogen-bond donors (Lipinski definition) is 1. The molecule has 5 nitrogen and oxygen atoms in total. The molecule has 0 saturated heterocycles. The highest BCUT2D eigenvalue weighted by Crippen LogP contribution is 2.31. The predicted octanol–water partition coefficient (Wildman–Crippen LogP) is 4.82. The zero-order chi connectivity index (χ0) is 20.8. The van der Waals surface area contributed by atoms with Crippen LogP contribution in [0.1, 0.15) is 12.6 Å². The lowest BCUT2D eigenvalue weighted by molar-refractivity contribution is -0.107. The third kappa shape index (κ3) is 5.38. The standard InChI is InChI=1S/C22H26N4OS2/c1-16(13-25(3)22-24-17(2)21(28-22)29-23)14-26(15-27)20-11-9-19(10-12-20)18-7-5-4-6-8-18/h4-12,15-16H,13-14,23H2,1-3H3. The molecule has 0 aliphatic carbocycles. The van der Waals surface area contributed by atoms with Crippen molar-refractivity contribution in [3.05, 3.63) is 60.3 Å². The number of anilines is 2. The summed E-state index contributed by atoms with van der Waals surface area (Å²) in [5.74, 6) is 0.275. The average Bonchev–Trinajstić information content (AvgIpc) is 3.13. The van der Waals surface area contributed by atoms with Crippen LogP contribution in [0.15, 0.2) is 58.8 Å². The van der Waals surface area contributed by atoms with Crippen molar-refractivity contribution in [2.75, 3.05) is 29.9 Å². The quantitative estimate of drug-likeness (QED) is 0.393. The van der Waals surface area contributed by atoms with Gasteiger partial charge in [-0.2, -0.15) is 0 Å². The zero-order valence-electron chi connectivity index (χ0n) is 16.9. The van der Waals surface area contributed by atoms with E-state index >= 15 is 0 Å². The summed E-state index contributed by atoms with van der Waals surface area (Å²) in [6.07, 6.45) is 0.907. The van der Waals surface area contributed by atoms with E-state index in [1.54, 1.807) is 16.2 Å². The molecule has 29 heavy (non-hydrogen) atoms. The molecule has 1 amide bonds. The summed E-state index contributed by atoms with van der Waals surface area (Å²) in [5.41, 5.74) is 4.17. The fourth-order valence-electron chi connectivity index (χ4n) is 3.27. The van der Waals surface area contributed by atoms with Crippen LogP contribution in [-0.2, 0) is 4.79 Å². The number of aryl methyl sites for hydroxylation is 1. The number of nitrogens with two attached hydrogens (primary N) is 1. The van der Waals surface area contributed by atoms with Crippen molar-refractivity contribution in [1.29, 1.82) is 0 Å². The van der Waals surface area contributed by atoms with Crippen molar-refractivity contribution in [2.45, 2.75) is 18.1 Å². The van der Waals surface area contributed by atoms with E-state index in [1.165, 1.54) is 17.5 Å². The van der Waals surface area contributed by atoms with Gasteiger partial charge in [0.2, 0.25) is 6.41 Å².